The summed E-state index contributed by atoms with van der Waals surface area (Å²) in [7, 11) is -3.95. The summed E-state index contributed by atoms with van der Waals surface area (Å²) in [6.07, 6.45) is 0.0143. The van der Waals surface area contributed by atoms with E-state index in [9.17, 15) is 13.2 Å². The quantitative estimate of drug-likeness (QED) is 0.523. The molecular formula is C18H17ClN4O4S2. The molecular weight excluding hydrogens is 436 g/mol. The number of hydrogen-bond acceptors (Lipinski definition) is 7. The third-order valence-corrected chi connectivity index (χ3v) is 6.28. The fourth-order valence-electron chi connectivity index (χ4n) is 2.21. The maximum Gasteiger partial charge on any atom is 0.291 e. The second-order valence-corrected chi connectivity index (χ2v) is 9.40. The van der Waals surface area contributed by atoms with E-state index in [1.165, 1.54) is 0 Å². The van der Waals surface area contributed by atoms with Crippen molar-refractivity contribution in [3.8, 4) is 5.75 Å². The summed E-state index contributed by atoms with van der Waals surface area (Å²) in [5, 5.41) is 10.5. The van der Waals surface area contributed by atoms with E-state index in [4.69, 9.17) is 16.3 Å². The molecule has 0 bridgehead atoms. The van der Waals surface area contributed by atoms with Gasteiger partial charge in [-0.1, -0.05) is 22.9 Å². The van der Waals surface area contributed by atoms with E-state index >= 15 is 0 Å². The Bertz CT molecular complexity index is 1100. The summed E-state index contributed by atoms with van der Waals surface area (Å²) in [6.45, 7) is 3.80. The Kier molecular flexibility index (Phi) is 6.36. The SMILES string of the molecule is CC(C)Oc1ccc(NS(=O)(=O)c2nnc(NC(=O)c3ccc(Cl)cc3)s2)cc1. The molecule has 0 spiro atoms. The molecule has 3 rings (SSSR count). The highest BCUT2D eigenvalue weighted by Crippen LogP contribution is 2.24. The molecule has 1 aromatic heterocycles. The number of nitrogens with one attached hydrogen (secondary N) is 2. The van der Waals surface area contributed by atoms with E-state index in [-0.39, 0.29) is 15.6 Å². The van der Waals surface area contributed by atoms with E-state index in [1.54, 1.807) is 48.5 Å². The first-order valence-electron chi connectivity index (χ1n) is 8.43. The number of anilines is 2. The number of nitrogens with zero attached hydrogens (tertiary/aromatic N) is 2. The zero-order chi connectivity index (χ0) is 21.0. The molecule has 3 aromatic rings. The van der Waals surface area contributed by atoms with Crippen LogP contribution in [0.2, 0.25) is 5.02 Å². The number of rotatable bonds is 7. The van der Waals surface area contributed by atoms with E-state index in [2.05, 4.69) is 20.2 Å². The van der Waals surface area contributed by atoms with Crippen molar-refractivity contribution < 1.29 is 17.9 Å². The number of halogens is 1. The maximum atomic E-state index is 12.5. The molecule has 0 saturated carbocycles. The van der Waals surface area contributed by atoms with Gasteiger partial charge in [0, 0.05) is 16.3 Å². The highest BCUT2D eigenvalue weighted by Gasteiger charge is 2.21. The summed E-state index contributed by atoms with van der Waals surface area (Å²) < 4.78 is 32.7. The first-order chi connectivity index (χ1) is 13.7. The summed E-state index contributed by atoms with van der Waals surface area (Å²) >= 11 is 6.54. The van der Waals surface area contributed by atoms with Gasteiger partial charge in [-0.25, -0.2) is 0 Å². The van der Waals surface area contributed by atoms with Gasteiger partial charge in [0.25, 0.3) is 20.3 Å². The molecule has 152 valence electrons. The highest BCUT2D eigenvalue weighted by atomic mass is 35.5. The Balaban J connectivity index is 1.68. The third-order valence-electron chi connectivity index (χ3n) is 3.44. The van der Waals surface area contributed by atoms with E-state index in [1.807, 2.05) is 13.8 Å². The van der Waals surface area contributed by atoms with Crippen molar-refractivity contribution in [1.82, 2.24) is 10.2 Å². The Morgan fingerprint density at radius 3 is 2.34 bits per heavy atom. The molecule has 1 amide bonds. The van der Waals surface area contributed by atoms with Crippen LogP contribution < -0.4 is 14.8 Å². The van der Waals surface area contributed by atoms with Gasteiger partial charge in [0.2, 0.25) is 5.13 Å². The lowest BCUT2D eigenvalue weighted by atomic mass is 10.2. The number of carbonyl (C=O) groups is 1. The van der Waals surface area contributed by atoms with Crippen molar-refractivity contribution in [3.05, 3.63) is 59.1 Å². The predicted molar refractivity (Wildman–Crippen MR) is 112 cm³/mol. The minimum atomic E-state index is -3.95. The Hall–Kier alpha value is -2.69. The number of amides is 1. The van der Waals surface area contributed by atoms with Gasteiger partial charge in [-0.15, -0.1) is 10.2 Å². The minimum Gasteiger partial charge on any atom is -0.491 e. The lowest BCUT2D eigenvalue weighted by molar-refractivity contribution is 0.102. The molecule has 2 aromatic carbocycles. The van der Waals surface area contributed by atoms with Crippen molar-refractivity contribution in [2.24, 2.45) is 0 Å². The predicted octanol–water partition coefficient (Wildman–Crippen LogP) is 4.03. The fraction of sp³-hybridized carbons (Fsp3) is 0.167. The van der Waals surface area contributed by atoms with Crippen LogP contribution in [0.4, 0.5) is 10.8 Å². The Morgan fingerprint density at radius 1 is 1.07 bits per heavy atom. The molecule has 0 radical (unpaired) electrons. The van der Waals surface area contributed by atoms with Crippen molar-refractivity contribution in [3.63, 3.8) is 0 Å². The van der Waals surface area contributed by atoms with E-state index in [0.717, 1.165) is 11.3 Å². The number of aromatic nitrogens is 2. The topological polar surface area (TPSA) is 110 Å². The summed E-state index contributed by atoms with van der Waals surface area (Å²) in [6, 6.07) is 12.7. The zero-order valence-electron chi connectivity index (χ0n) is 15.4. The van der Waals surface area contributed by atoms with Gasteiger partial charge in [-0.2, -0.15) is 8.42 Å². The van der Waals surface area contributed by atoms with Crippen LogP contribution in [0.15, 0.2) is 52.9 Å². The van der Waals surface area contributed by atoms with Gasteiger partial charge in [-0.3, -0.25) is 14.8 Å². The third kappa shape index (κ3) is 5.66. The lowest BCUT2D eigenvalue weighted by Gasteiger charge is -2.10. The molecule has 0 atom stereocenters. The minimum absolute atomic E-state index is 0.0143. The van der Waals surface area contributed by atoms with Gasteiger partial charge < -0.3 is 4.74 Å². The van der Waals surface area contributed by atoms with Crippen LogP contribution in [0.25, 0.3) is 0 Å². The van der Waals surface area contributed by atoms with Gasteiger partial charge in [0.05, 0.1) is 6.10 Å². The number of sulfonamides is 1. The van der Waals surface area contributed by atoms with E-state index in [0.29, 0.717) is 22.0 Å². The van der Waals surface area contributed by atoms with Crippen LogP contribution in [-0.2, 0) is 10.0 Å². The number of benzene rings is 2. The Labute approximate surface area is 176 Å². The summed E-state index contributed by atoms with van der Waals surface area (Å²) in [5.41, 5.74) is 0.707. The second kappa shape index (κ2) is 8.76. The molecule has 0 fully saturated rings. The molecule has 29 heavy (non-hydrogen) atoms. The normalized spacial score (nSPS) is 11.3. The van der Waals surface area contributed by atoms with Crippen LogP contribution in [0.5, 0.6) is 5.75 Å². The number of ether oxygens (including phenoxy) is 1. The smallest absolute Gasteiger partial charge is 0.291 e. The molecule has 0 aliphatic rings. The average molecular weight is 453 g/mol. The van der Waals surface area contributed by atoms with Crippen molar-refractivity contribution in [1.29, 1.82) is 0 Å². The van der Waals surface area contributed by atoms with Crippen LogP contribution in [-0.4, -0.2) is 30.6 Å². The monoisotopic (exact) mass is 452 g/mol. The zero-order valence-corrected chi connectivity index (χ0v) is 17.8. The molecule has 2 N–H and O–H groups in total. The molecule has 0 aliphatic heterocycles. The van der Waals surface area contributed by atoms with Gasteiger partial charge >= 0.3 is 0 Å². The highest BCUT2D eigenvalue weighted by molar-refractivity contribution is 7.94. The van der Waals surface area contributed by atoms with Crippen LogP contribution in [0.3, 0.4) is 0 Å². The van der Waals surface area contributed by atoms with E-state index < -0.39 is 15.9 Å². The Morgan fingerprint density at radius 2 is 1.72 bits per heavy atom. The van der Waals surface area contributed by atoms with Crippen molar-refractivity contribution >= 4 is 49.7 Å². The molecule has 11 heteroatoms. The standard InChI is InChI=1S/C18H17ClN4O4S2/c1-11(2)27-15-9-7-14(8-10-15)23-29(25,26)18-22-21-17(28-18)20-16(24)12-3-5-13(19)6-4-12/h3-11,23H,1-2H3,(H,20,21,24). The number of hydrogen-bond donors (Lipinski definition) is 2. The molecule has 8 nitrogen and oxygen atoms in total. The first-order valence-corrected chi connectivity index (χ1v) is 11.1. The lowest BCUT2D eigenvalue weighted by Crippen LogP contribution is -2.12. The van der Waals surface area contributed by atoms with Crippen molar-refractivity contribution in [2.75, 3.05) is 10.0 Å². The first kappa shape index (κ1) is 21.0. The summed E-state index contributed by atoms with van der Waals surface area (Å²) in [4.78, 5) is 12.2. The van der Waals surface area contributed by atoms with Crippen LogP contribution in [0.1, 0.15) is 24.2 Å². The maximum absolute atomic E-state index is 12.5. The molecule has 0 aliphatic carbocycles. The number of carbonyl (C=O) groups excluding carboxylic acids is 1. The largest absolute Gasteiger partial charge is 0.491 e. The van der Waals surface area contributed by atoms with Crippen LogP contribution >= 0.6 is 22.9 Å². The molecule has 0 saturated heterocycles. The van der Waals surface area contributed by atoms with Crippen LogP contribution in [0, 0.1) is 0 Å². The molecule has 0 unspecified atom stereocenters. The molecule has 1 heterocycles. The van der Waals surface area contributed by atoms with Crippen molar-refractivity contribution in [2.45, 2.75) is 24.3 Å². The fourth-order valence-corrected chi connectivity index (χ4v) is 4.29. The summed E-state index contributed by atoms with van der Waals surface area (Å²) in [5.74, 6) is 0.182. The second-order valence-electron chi connectivity index (χ2n) is 6.13. The van der Waals surface area contributed by atoms with Gasteiger partial charge in [-0.05, 0) is 62.4 Å². The van der Waals surface area contributed by atoms with Gasteiger partial charge in [0.1, 0.15) is 5.75 Å². The average Bonchev–Trinajstić information content (AvgIpc) is 3.13. The van der Waals surface area contributed by atoms with Gasteiger partial charge in [0.15, 0.2) is 0 Å².